The van der Waals surface area contributed by atoms with Crippen molar-refractivity contribution in [3.05, 3.63) is 97.0 Å². The molecule has 4 amide bonds. The van der Waals surface area contributed by atoms with Gasteiger partial charge < -0.3 is 20.5 Å². The highest BCUT2D eigenvalue weighted by atomic mass is 16.2. The Morgan fingerprint density at radius 3 is 1.98 bits per heavy atom. The molecule has 3 aromatic rings. The molecule has 0 saturated carbocycles. The van der Waals surface area contributed by atoms with Gasteiger partial charge in [-0.1, -0.05) is 65.5 Å². The molecule has 15 heteroatoms. The third-order valence-electron chi connectivity index (χ3n) is 9.62. The normalized spacial score (nSPS) is 11.5. The Bertz CT molecular complexity index is 1940. The number of hydrogen-bond acceptors (Lipinski definition) is 8. The molecule has 3 rings (SSSR count). The molecular weight excluding hydrogens is 723 g/mol. The number of nitrogens with one attached hydrogen (secondary N) is 6. The van der Waals surface area contributed by atoms with Crippen LogP contribution in [0.25, 0.3) is 10.5 Å². The number of aromatic amines is 2. The van der Waals surface area contributed by atoms with Crippen LogP contribution in [-0.4, -0.2) is 53.2 Å². The summed E-state index contributed by atoms with van der Waals surface area (Å²) in [4.78, 5) is 66.2. The molecule has 0 bridgehead atoms. The molecule has 2 heterocycles. The quantitative estimate of drug-likeness (QED) is 0.0336. The van der Waals surface area contributed by atoms with Gasteiger partial charge in [0.05, 0.1) is 24.4 Å². The van der Waals surface area contributed by atoms with E-state index < -0.39 is 12.1 Å². The molecule has 0 aliphatic heterocycles. The third kappa shape index (κ3) is 14.6. The Morgan fingerprint density at radius 1 is 0.825 bits per heavy atom. The lowest BCUT2D eigenvalue weighted by Gasteiger charge is -2.25. The Morgan fingerprint density at radius 2 is 1.42 bits per heavy atom. The first-order valence-electron chi connectivity index (χ1n) is 19.8. The van der Waals surface area contributed by atoms with E-state index in [1.54, 1.807) is 42.5 Å². The first kappa shape index (κ1) is 45.0. The van der Waals surface area contributed by atoms with Crippen molar-refractivity contribution in [3.8, 4) is 12.1 Å². The zero-order valence-corrected chi connectivity index (χ0v) is 33.5. The number of carbonyl (C=O) groups excluding carboxylic acids is 2. The minimum atomic E-state index is -0.509. The smallest absolute Gasteiger partial charge is 0.321 e. The number of benzene rings is 1. The fourth-order valence-corrected chi connectivity index (χ4v) is 6.50. The minimum absolute atomic E-state index is 0.0332. The lowest BCUT2D eigenvalue weighted by atomic mass is 9.95. The molecule has 0 fully saturated rings. The summed E-state index contributed by atoms with van der Waals surface area (Å²) in [6, 6.07) is 14.0. The van der Waals surface area contributed by atoms with Gasteiger partial charge in [-0.25, -0.2) is 19.4 Å². The third-order valence-corrected chi connectivity index (χ3v) is 9.62. The highest BCUT2D eigenvalue weighted by Crippen LogP contribution is 2.26. The van der Waals surface area contributed by atoms with Crippen LogP contribution in [0.4, 0.5) is 27.0 Å². The molecule has 1 aromatic carbocycles. The first-order chi connectivity index (χ1) is 27.6. The number of anilines is 3. The number of nitrogens with zero attached hydrogens (tertiary/aromatic N) is 5. The van der Waals surface area contributed by atoms with Crippen LogP contribution in [0.5, 0.6) is 0 Å². The zero-order chi connectivity index (χ0) is 41.6. The summed E-state index contributed by atoms with van der Waals surface area (Å²) in [6.07, 6.45) is 8.79. The molecule has 0 saturated heterocycles. The summed E-state index contributed by atoms with van der Waals surface area (Å²) in [5.74, 6) is 0.743. The highest BCUT2D eigenvalue weighted by Gasteiger charge is 2.16. The molecule has 6 N–H and O–H groups in total. The van der Waals surface area contributed by atoms with Gasteiger partial charge in [-0.15, -0.1) is 0 Å². The van der Waals surface area contributed by atoms with Crippen molar-refractivity contribution in [3.63, 3.8) is 0 Å². The molecule has 2 unspecified atom stereocenters. The second-order valence-corrected chi connectivity index (χ2v) is 13.8. The second kappa shape index (κ2) is 24.2. The molecule has 0 aliphatic rings. The molecule has 57 heavy (non-hydrogen) atoms. The average molecular weight is 778 g/mol. The van der Waals surface area contributed by atoms with Gasteiger partial charge >= 0.3 is 12.1 Å². The molecular formula is C42H55N11O4. The monoisotopic (exact) mass is 777 g/mol. The largest absolute Gasteiger partial charge is 0.371 e. The maximum atomic E-state index is 12.8. The van der Waals surface area contributed by atoms with Crippen molar-refractivity contribution in [1.29, 1.82) is 10.5 Å². The SMILES string of the molecule is [C-]#[N+]C(=C(C#N)C#N)c1ccc(N(CCCNC(=O)Nc2cc(=O)cc(C(CC)CCCC)[nH]2)CCCNC(=O)Nc2nc(C(CC)CCCC)cc(=O)[nH]2)cc1. The van der Waals surface area contributed by atoms with Gasteiger partial charge in [0.15, 0.2) is 5.43 Å². The van der Waals surface area contributed by atoms with Gasteiger partial charge in [0, 0.05) is 61.7 Å². The number of amides is 4. The van der Waals surface area contributed by atoms with Crippen molar-refractivity contribution >= 4 is 35.2 Å². The number of hydrogen-bond donors (Lipinski definition) is 6. The lowest BCUT2D eigenvalue weighted by Crippen LogP contribution is -2.35. The van der Waals surface area contributed by atoms with Crippen LogP contribution in [-0.2, 0) is 0 Å². The standard InChI is InChI=1S/C42H55N11O4/c1-6-10-14-29(8-3)35-24-34(54)25-37(48-35)50-41(56)46-20-12-22-53(33-18-16-31(17-19-33)39(45-5)32(27-43)28-44)23-13-21-47-42(57)52-40-49-36(26-38(55)51-40)30(9-4)15-11-7-2/h16-19,24-26,29-30H,6-15,20-23H2,1-4H3,(H3,46,48,50,54,56)(H3,47,49,51,52,55,57). The summed E-state index contributed by atoms with van der Waals surface area (Å²) < 4.78 is 0. The Kier molecular flexibility index (Phi) is 19.1. The minimum Gasteiger partial charge on any atom is -0.371 e. The van der Waals surface area contributed by atoms with E-state index in [0.717, 1.165) is 62.7 Å². The Labute approximate surface area is 334 Å². The van der Waals surface area contributed by atoms with Gasteiger partial charge in [-0.2, -0.15) is 10.5 Å². The summed E-state index contributed by atoms with van der Waals surface area (Å²) in [5.41, 5.74) is 1.88. The second-order valence-electron chi connectivity index (χ2n) is 13.8. The molecule has 0 radical (unpaired) electrons. The van der Waals surface area contributed by atoms with Crippen LogP contribution in [0.15, 0.2) is 57.6 Å². The topological polar surface area (TPSA) is 216 Å². The van der Waals surface area contributed by atoms with Gasteiger partial charge in [-0.05, 0) is 62.1 Å². The van der Waals surface area contributed by atoms with Crippen LogP contribution < -0.4 is 37.2 Å². The van der Waals surface area contributed by atoms with E-state index in [1.165, 1.54) is 12.1 Å². The van der Waals surface area contributed by atoms with E-state index in [-0.39, 0.29) is 40.0 Å². The molecule has 302 valence electrons. The predicted molar refractivity (Wildman–Crippen MR) is 224 cm³/mol. The number of pyridine rings is 1. The maximum absolute atomic E-state index is 12.8. The maximum Gasteiger partial charge on any atom is 0.321 e. The van der Waals surface area contributed by atoms with Crippen molar-refractivity contribution < 1.29 is 9.59 Å². The van der Waals surface area contributed by atoms with Crippen LogP contribution in [0, 0.1) is 29.2 Å². The number of H-pyrrole nitrogens is 2. The van der Waals surface area contributed by atoms with Gasteiger partial charge in [0.1, 0.15) is 11.4 Å². The van der Waals surface area contributed by atoms with Crippen molar-refractivity contribution in [1.82, 2.24) is 25.6 Å². The number of rotatable bonds is 22. The van der Waals surface area contributed by atoms with Crippen molar-refractivity contribution in [2.45, 2.75) is 104 Å². The summed E-state index contributed by atoms with van der Waals surface area (Å²) in [7, 11) is 0. The van der Waals surface area contributed by atoms with E-state index in [9.17, 15) is 29.7 Å². The fraction of sp³-hybridized carbons (Fsp3) is 0.476. The molecule has 0 spiro atoms. The van der Waals surface area contributed by atoms with E-state index in [1.807, 2.05) is 0 Å². The van der Waals surface area contributed by atoms with Gasteiger partial charge in [0.25, 0.3) is 5.56 Å². The lowest BCUT2D eigenvalue weighted by molar-refractivity contribution is 0.251. The van der Waals surface area contributed by atoms with Crippen molar-refractivity contribution in [2.75, 3.05) is 41.7 Å². The predicted octanol–water partition coefficient (Wildman–Crippen LogP) is 7.73. The first-order valence-corrected chi connectivity index (χ1v) is 19.8. The van der Waals surface area contributed by atoms with E-state index >= 15 is 0 Å². The summed E-state index contributed by atoms with van der Waals surface area (Å²) in [5, 5.41) is 29.7. The number of aromatic nitrogens is 3. The summed E-state index contributed by atoms with van der Waals surface area (Å²) in [6.45, 7) is 17.5. The molecule has 0 aliphatic carbocycles. The average Bonchev–Trinajstić information content (AvgIpc) is 3.19. The summed E-state index contributed by atoms with van der Waals surface area (Å²) >= 11 is 0. The molecule has 2 aromatic heterocycles. The number of nitriles is 2. The van der Waals surface area contributed by atoms with E-state index in [0.29, 0.717) is 56.1 Å². The number of allylic oxidation sites excluding steroid dienone is 1. The molecule has 2 atom stereocenters. The van der Waals surface area contributed by atoms with Crippen molar-refractivity contribution in [2.24, 2.45) is 0 Å². The van der Waals surface area contributed by atoms with E-state index in [2.05, 4.69) is 73.7 Å². The zero-order valence-electron chi connectivity index (χ0n) is 33.5. The van der Waals surface area contributed by atoms with Gasteiger partial charge in [0.2, 0.25) is 11.6 Å². The Balaban J connectivity index is 1.65. The van der Waals surface area contributed by atoms with E-state index in [4.69, 9.17) is 6.57 Å². The van der Waals surface area contributed by atoms with Crippen LogP contribution in [0.3, 0.4) is 0 Å². The number of urea groups is 2. The van der Waals surface area contributed by atoms with Crippen LogP contribution >= 0.6 is 0 Å². The fourth-order valence-electron chi connectivity index (χ4n) is 6.50. The Hall–Kier alpha value is -6.40. The number of carbonyl (C=O) groups is 2. The van der Waals surface area contributed by atoms with Crippen LogP contribution in [0.1, 0.15) is 121 Å². The molecule has 15 nitrogen and oxygen atoms in total. The highest BCUT2D eigenvalue weighted by molar-refractivity contribution is 5.88. The van der Waals surface area contributed by atoms with Crippen LogP contribution in [0.2, 0.25) is 0 Å². The van der Waals surface area contributed by atoms with Gasteiger partial charge in [-0.3, -0.25) is 25.2 Å². The number of unbranched alkanes of at least 4 members (excludes halogenated alkanes) is 2.